The Morgan fingerprint density at radius 2 is 1.76 bits per heavy atom. The lowest BCUT2D eigenvalue weighted by atomic mass is 9.69. The van der Waals surface area contributed by atoms with Gasteiger partial charge in [0.05, 0.1) is 0 Å². The average molecular weight is 339 g/mol. The molecule has 0 saturated carbocycles. The van der Waals surface area contributed by atoms with Crippen LogP contribution in [0.4, 0.5) is 5.69 Å². The summed E-state index contributed by atoms with van der Waals surface area (Å²) in [6.07, 6.45) is 2.74. The van der Waals surface area contributed by atoms with E-state index in [-0.39, 0.29) is 16.4 Å². The molecule has 0 N–H and O–H groups in total. The highest BCUT2D eigenvalue weighted by atomic mass is 16.4. The SMILES string of the molecule is Cc1c(C=O)c(=O)oc2c3c4c(cc12)C(C)(C)CCN4CCC3(C)C. The quantitative estimate of drug-likeness (QED) is 0.580. The minimum Gasteiger partial charge on any atom is -0.422 e. The van der Waals surface area contributed by atoms with Gasteiger partial charge in [0.1, 0.15) is 11.1 Å². The van der Waals surface area contributed by atoms with Crippen molar-refractivity contribution in [1.82, 2.24) is 0 Å². The molecule has 0 atom stereocenters. The molecular weight excluding hydrogens is 314 g/mol. The molecule has 0 radical (unpaired) electrons. The molecule has 0 aliphatic carbocycles. The van der Waals surface area contributed by atoms with Gasteiger partial charge >= 0.3 is 5.63 Å². The number of nitrogens with zero attached hydrogens (tertiary/aromatic N) is 1. The van der Waals surface area contributed by atoms with Gasteiger partial charge in [-0.15, -0.1) is 0 Å². The normalized spacial score (nSPS) is 20.4. The standard InChI is InChI=1S/C21H25NO3/c1-12-13-10-15-17-16(18(13)25-19(24)14(12)11-23)21(4,5)7-9-22(17)8-6-20(15,2)3/h10-11H,6-9H2,1-5H3. The predicted octanol–water partition coefficient (Wildman–Crippen LogP) is 4.08. The van der Waals surface area contributed by atoms with Crippen molar-refractivity contribution in [3.63, 3.8) is 0 Å². The van der Waals surface area contributed by atoms with E-state index < -0.39 is 5.63 Å². The van der Waals surface area contributed by atoms with E-state index in [0.29, 0.717) is 11.9 Å². The Bertz CT molecular complexity index is 963. The molecule has 0 bridgehead atoms. The molecule has 4 nitrogen and oxygen atoms in total. The Morgan fingerprint density at radius 3 is 2.40 bits per heavy atom. The number of aryl methyl sites for hydroxylation is 1. The van der Waals surface area contributed by atoms with Crippen molar-refractivity contribution in [1.29, 1.82) is 0 Å². The number of anilines is 1. The fourth-order valence-electron chi connectivity index (χ4n) is 4.52. The lowest BCUT2D eigenvalue weighted by molar-refractivity contribution is 0.111. The highest BCUT2D eigenvalue weighted by molar-refractivity contribution is 5.95. The van der Waals surface area contributed by atoms with Crippen molar-refractivity contribution in [2.24, 2.45) is 0 Å². The molecule has 4 rings (SSSR count). The summed E-state index contributed by atoms with van der Waals surface area (Å²) in [5.74, 6) is 0. The molecule has 2 aliphatic rings. The van der Waals surface area contributed by atoms with E-state index in [1.165, 1.54) is 11.3 Å². The van der Waals surface area contributed by atoms with Gasteiger partial charge in [0.2, 0.25) is 0 Å². The molecule has 3 heterocycles. The van der Waals surface area contributed by atoms with Crippen LogP contribution in [0.25, 0.3) is 11.0 Å². The van der Waals surface area contributed by atoms with E-state index in [9.17, 15) is 9.59 Å². The van der Waals surface area contributed by atoms with E-state index in [4.69, 9.17) is 4.42 Å². The first kappa shape index (κ1) is 16.4. The maximum Gasteiger partial charge on any atom is 0.347 e. The number of aldehydes is 1. The largest absolute Gasteiger partial charge is 0.422 e. The van der Waals surface area contributed by atoms with Gasteiger partial charge in [-0.1, -0.05) is 27.7 Å². The zero-order valence-electron chi connectivity index (χ0n) is 15.7. The van der Waals surface area contributed by atoms with Crippen LogP contribution >= 0.6 is 0 Å². The van der Waals surface area contributed by atoms with Gasteiger partial charge < -0.3 is 9.32 Å². The molecular formula is C21H25NO3. The third-order valence-electron chi connectivity index (χ3n) is 6.33. The zero-order chi connectivity index (χ0) is 18.1. The zero-order valence-corrected chi connectivity index (χ0v) is 15.7. The Hall–Kier alpha value is -2.10. The Kier molecular flexibility index (Phi) is 3.25. The number of carbonyl (C=O) groups is 1. The second-order valence-electron chi connectivity index (χ2n) is 8.83. The summed E-state index contributed by atoms with van der Waals surface area (Å²) >= 11 is 0. The Balaban J connectivity index is 2.24. The summed E-state index contributed by atoms with van der Waals surface area (Å²) in [4.78, 5) is 26.2. The van der Waals surface area contributed by atoms with Gasteiger partial charge in [0.15, 0.2) is 6.29 Å². The van der Waals surface area contributed by atoms with Crippen molar-refractivity contribution < 1.29 is 9.21 Å². The lowest BCUT2D eigenvalue weighted by Gasteiger charge is -2.48. The lowest BCUT2D eigenvalue weighted by Crippen LogP contribution is -2.44. The van der Waals surface area contributed by atoms with Crippen LogP contribution in [0.1, 0.15) is 67.6 Å². The van der Waals surface area contributed by atoms with Crippen molar-refractivity contribution >= 4 is 22.9 Å². The second kappa shape index (κ2) is 4.96. The minimum absolute atomic E-state index is 0.0616. The molecule has 0 amide bonds. The van der Waals surface area contributed by atoms with E-state index >= 15 is 0 Å². The molecule has 4 heteroatoms. The van der Waals surface area contributed by atoms with Crippen molar-refractivity contribution in [2.45, 2.75) is 58.3 Å². The van der Waals surface area contributed by atoms with Crippen molar-refractivity contribution in [3.05, 3.63) is 38.7 Å². The van der Waals surface area contributed by atoms with Crippen LogP contribution < -0.4 is 10.5 Å². The van der Waals surface area contributed by atoms with E-state index in [1.54, 1.807) is 0 Å². The third-order valence-corrected chi connectivity index (χ3v) is 6.33. The monoisotopic (exact) mass is 339 g/mol. The number of benzene rings is 1. The average Bonchev–Trinajstić information content (AvgIpc) is 2.52. The van der Waals surface area contributed by atoms with Crippen LogP contribution in [-0.2, 0) is 10.8 Å². The Morgan fingerprint density at radius 1 is 1.12 bits per heavy atom. The molecule has 1 aromatic heterocycles. The first-order valence-corrected chi connectivity index (χ1v) is 9.03. The molecule has 0 fully saturated rings. The summed E-state index contributed by atoms with van der Waals surface area (Å²) in [7, 11) is 0. The van der Waals surface area contributed by atoms with E-state index in [1.807, 2.05) is 6.92 Å². The molecule has 2 aromatic rings. The van der Waals surface area contributed by atoms with Crippen molar-refractivity contribution in [3.8, 4) is 0 Å². The number of carbonyl (C=O) groups excluding carboxylic acids is 1. The smallest absolute Gasteiger partial charge is 0.347 e. The van der Waals surface area contributed by atoms with Crippen LogP contribution in [0.3, 0.4) is 0 Å². The molecule has 2 aliphatic heterocycles. The van der Waals surface area contributed by atoms with Gasteiger partial charge in [-0.05, 0) is 47.8 Å². The van der Waals surface area contributed by atoms with Crippen LogP contribution in [0.2, 0.25) is 0 Å². The highest BCUT2D eigenvalue weighted by Crippen LogP contribution is 2.51. The van der Waals surface area contributed by atoms with Crippen LogP contribution in [0.15, 0.2) is 15.3 Å². The maximum atomic E-state index is 12.3. The summed E-state index contributed by atoms with van der Waals surface area (Å²) < 4.78 is 5.73. The highest BCUT2D eigenvalue weighted by Gasteiger charge is 2.42. The number of fused-ring (bicyclic) bond motifs is 2. The summed E-state index contributed by atoms with van der Waals surface area (Å²) in [5, 5.41) is 0.903. The minimum atomic E-state index is -0.529. The summed E-state index contributed by atoms with van der Waals surface area (Å²) in [5.41, 5.74) is 4.69. The maximum absolute atomic E-state index is 12.3. The number of rotatable bonds is 1. The first-order chi connectivity index (χ1) is 11.7. The third kappa shape index (κ3) is 2.12. The molecule has 25 heavy (non-hydrogen) atoms. The Labute approximate surface area is 147 Å². The molecule has 0 spiro atoms. The van der Waals surface area contributed by atoms with Gasteiger partial charge in [-0.2, -0.15) is 0 Å². The summed E-state index contributed by atoms with van der Waals surface area (Å²) in [6.45, 7) is 12.9. The van der Waals surface area contributed by atoms with Crippen LogP contribution in [-0.4, -0.2) is 19.4 Å². The van der Waals surface area contributed by atoms with Gasteiger partial charge in [0.25, 0.3) is 0 Å². The topological polar surface area (TPSA) is 50.5 Å². The number of hydrogen-bond acceptors (Lipinski definition) is 4. The van der Waals surface area contributed by atoms with Crippen molar-refractivity contribution in [2.75, 3.05) is 18.0 Å². The first-order valence-electron chi connectivity index (χ1n) is 9.03. The van der Waals surface area contributed by atoms with Crippen LogP contribution in [0.5, 0.6) is 0 Å². The predicted molar refractivity (Wildman–Crippen MR) is 100 cm³/mol. The molecule has 0 unspecified atom stereocenters. The molecule has 132 valence electrons. The van der Waals surface area contributed by atoms with E-state index in [2.05, 4.69) is 38.7 Å². The van der Waals surface area contributed by atoms with Gasteiger partial charge in [-0.25, -0.2) is 4.79 Å². The summed E-state index contributed by atoms with van der Waals surface area (Å²) in [6, 6.07) is 2.16. The second-order valence-corrected chi connectivity index (χ2v) is 8.83. The fourth-order valence-corrected chi connectivity index (χ4v) is 4.52. The fraction of sp³-hybridized carbons (Fsp3) is 0.524. The van der Waals surface area contributed by atoms with Gasteiger partial charge in [-0.3, -0.25) is 4.79 Å². The number of hydrogen-bond donors (Lipinski definition) is 0. The van der Waals surface area contributed by atoms with E-state index in [0.717, 1.165) is 42.4 Å². The van der Waals surface area contributed by atoms with Gasteiger partial charge in [0, 0.05) is 29.7 Å². The van der Waals surface area contributed by atoms with Crippen LogP contribution in [0, 0.1) is 6.92 Å². The molecule has 1 aromatic carbocycles. The molecule has 0 saturated heterocycles.